The summed E-state index contributed by atoms with van der Waals surface area (Å²) in [4.78, 5) is 0. The minimum Gasteiger partial charge on any atom is -0.385 e. The van der Waals surface area contributed by atoms with Crippen molar-refractivity contribution in [2.24, 2.45) is 7.05 Å². The van der Waals surface area contributed by atoms with Gasteiger partial charge in [0.1, 0.15) is 0 Å². The summed E-state index contributed by atoms with van der Waals surface area (Å²) in [6, 6.07) is 8.54. The Labute approximate surface area is 124 Å². The molecular weight excluding hydrogens is 244 g/mol. The molecule has 1 N–H and O–H groups in total. The molecule has 2 aromatic rings. The smallest absolute Gasteiger partial charge is 0.0554 e. The van der Waals surface area contributed by atoms with Crippen LogP contribution in [0.25, 0.3) is 17.0 Å². The highest BCUT2D eigenvalue weighted by atomic mass is 15.0. The summed E-state index contributed by atoms with van der Waals surface area (Å²) >= 11 is 0. The molecule has 1 aromatic carbocycles. The Balaban J connectivity index is 0.000000538. The van der Waals surface area contributed by atoms with Gasteiger partial charge >= 0.3 is 0 Å². The van der Waals surface area contributed by atoms with Crippen molar-refractivity contribution in [3.8, 4) is 0 Å². The maximum Gasteiger partial charge on any atom is 0.0554 e. The average Bonchev–Trinajstić information content (AvgIpc) is 2.87. The second-order valence-electron chi connectivity index (χ2n) is 3.65. The van der Waals surface area contributed by atoms with Gasteiger partial charge in [-0.15, -0.1) is 0 Å². The van der Waals surface area contributed by atoms with Gasteiger partial charge in [-0.25, -0.2) is 0 Å². The maximum absolute atomic E-state index is 3.24. The van der Waals surface area contributed by atoms with E-state index in [0.29, 0.717) is 0 Å². The minimum absolute atomic E-state index is 0.928. The molecule has 1 aliphatic rings. The van der Waals surface area contributed by atoms with E-state index in [1.807, 2.05) is 47.7 Å². The second kappa shape index (κ2) is 10.1. The van der Waals surface area contributed by atoms with E-state index in [1.54, 1.807) is 0 Å². The zero-order valence-corrected chi connectivity index (χ0v) is 14.1. The second-order valence-corrected chi connectivity index (χ2v) is 3.65. The van der Waals surface area contributed by atoms with Crippen LogP contribution in [0.4, 0.5) is 0 Å². The molecule has 0 saturated carbocycles. The van der Waals surface area contributed by atoms with E-state index < -0.39 is 0 Å². The molecule has 0 amide bonds. The summed E-state index contributed by atoms with van der Waals surface area (Å²) < 4.78 is 2.27. The lowest BCUT2D eigenvalue weighted by Crippen LogP contribution is -2.12. The van der Waals surface area contributed by atoms with Gasteiger partial charge in [0.2, 0.25) is 0 Å². The van der Waals surface area contributed by atoms with Gasteiger partial charge < -0.3 is 9.88 Å². The SMILES string of the molecule is CC.CC.CC.Cn1c2c(c3ccccc31)C=CNC2. The number of rotatable bonds is 0. The van der Waals surface area contributed by atoms with Crippen LogP contribution >= 0.6 is 0 Å². The number of fused-ring (bicyclic) bond motifs is 3. The van der Waals surface area contributed by atoms with Crippen molar-refractivity contribution in [3.05, 3.63) is 41.7 Å². The molecule has 1 aromatic heterocycles. The van der Waals surface area contributed by atoms with Crippen LogP contribution in [-0.4, -0.2) is 4.57 Å². The number of para-hydroxylation sites is 1. The molecule has 0 fully saturated rings. The van der Waals surface area contributed by atoms with Crippen LogP contribution in [0.1, 0.15) is 52.8 Å². The molecule has 0 unspecified atom stereocenters. The highest BCUT2D eigenvalue weighted by Crippen LogP contribution is 2.27. The first-order valence-corrected chi connectivity index (χ1v) is 7.84. The van der Waals surface area contributed by atoms with Gasteiger partial charge in [0, 0.05) is 29.2 Å². The quantitative estimate of drug-likeness (QED) is 0.687. The molecule has 0 saturated heterocycles. The van der Waals surface area contributed by atoms with E-state index in [2.05, 4.69) is 47.3 Å². The highest BCUT2D eigenvalue weighted by Gasteiger charge is 2.13. The average molecular weight is 274 g/mol. The number of hydrogen-bond donors (Lipinski definition) is 1. The van der Waals surface area contributed by atoms with E-state index in [1.165, 1.54) is 22.2 Å². The summed E-state index contributed by atoms with van der Waals surface area (Å²) in [5, 5.41) is 4.59. The zero-order valence-electron chi connectivity index (χ0n) is 14.1. The molecule has 2 heterocycles. The van der Waals surface area contributed by atoms with Gasteiger partial charge in [-0.3, -0.25) is 0 Å². The van der Waals surface area contributed by atoms with E-state index in [0.717, 1.165) is 6.54 Å². The summed E-state index contributed by atoms with van der Waals surface area (Å²) in [6.07, 6.45) is 4.18. The van der Waals surface area contributed by atoms with Gasteiger partial charge in [0.05, 0.1) is 6.54 Å². The first kappa shape index (κ1) is 18.3. The molecule has 112 valence electrons. The first-order valence-electron chi connectivity index (χ1n) is 7.84. The predicted molar refractivity (Wildman–Crippen MR) is 92.8 cm³/mol. The number of benzene rings is 1. The monoisotopic (exact) mass is 274 g/mol. The van der Waals surface area contributed by atoms with E-state index in [4.69, 9.17) is 0 Å². The van der Waals surface area contributed by atoms with Gasteiger partial charge in [-0.2, -0.15) is 0 Å². The lowest BCUT2D eigenvalue weighted by Gasteiger charge is -2.09. The molecule has 0 spiro atoms. The standard InChI is InChI=1S/C12H12N2.3C2H6/c1-14-11-5-3-2-4-9(11)10-6-7-13-8-12(10)14;3*1-2/h2-7,13H,8H2,1H3;3*1-2H3. The van der Waals surface area contributed by atoms with Crippen molar-refractivity contribution in [1.29, 1.82) is 0 Å². The molecule has 0 atom stereocenters. The first-order chi connectivity index (χ1) is 9.88. The fraction of sp³-hybridized carbons (Fsp3) is 0.444. The molecular formula is C18H30N2. The topological polar surface area (TPSA) is 17.0 Å². The van der Waals surface area contributed by atoms with Crippen LogP contribution in [-0.2, 0) is 13.6 Å². The lowest BCUT2D eigenvalue weighted by molar-refractivity contribution is 0.765. The summed E-state index contributed by atoms with van der Waals surface area (Å²) in [5.74, 6) is 0. The van der Waals surface area contributed by atoms with E-state index in [-0.39, 0.29) is 0 Å². The van der Waals surface area contributed by atoms with Crippen LogP contribution in [0, 0.1) is 0 Å². The summed E-state index contributed by atoms with van der Waals surface area (Å²) in [7, 11) is 2.13. The molecule has 2 nitrogen and oxygen atoms in total. The van der Waals surface area contributed by atoms with Gasteiger partial charge in [0.25, 0.3) is 0 Å². The van der Waals surface area contributed by atoms with E-state index in [9.17, 15) is 0 Å². The Morgan fingerprint density at radius 1 is 0.950 bits per heavy atom. The fourth-order valence-corrected chi connectivity index (χ4v) is 2.17. The van der Waals surface area contributed by atoms with Crippen molar-refractivity contribution in [2.45, 2.75) is 48.1 Å². The number of nitrogens with zero attached hydrogens (tertiary/aromatic N) is 1. The Morgan fingerprint density at radius 3 is 2.20 bits per heavy atom. The third-order valence-corrected chi connectivity index (χ3v) is 2.91. The maximum atomic E-state index is 3.24. The van der Waals surface area contributed by atoms with Crippen LogP contribution in [0.2, 0.25) is 0 Å². The van der Waals surface area contributed by atoms with Gasteiger partial charge in [-0.05, 0) is 18.3 Å². The highest BCUT2D eigenvalue weighted by molar-refractivity contribution is 5.91. The molecule has 1 aliphatic heterocycles. The van der Waals surface area contributed by atoms with Crippen LogP contribution in [0.15, 0.2) is 30.5 Å². The number of hydrogen-bond acceptors (Lipinski definition) is 1. The molecule has 20 heavy (non-hydrogen) atoms. The summed E-state index contributed by atoms with van der Waals surface area (Å²) in [6.45, 7) is 12.9. The van der Waals surface area contributed by atoms with Crippen molar-refractivity contribution in [2.75, 3.05) is 0 Å². The van der Waals surface area contributed by atoms with Crippen LogP contribution in [0.5, 0.6) is 0 Å². The number of aromatic nitrogens is 1. The number of aryl methyl sites for hydroxylation is 1. The third-order valence-electron chi connectivity index (χ3n) is 2.91. The lowest BCUT2D eigenvalue weighted by atomic mass is 10.1. The van der Waals surface area contributed by atoms with Crippen molar-refractivity contribution < 1.29 is 0 Å². The Morgan fingerprint density at radius 2 is 1.55 bits per heavy atom. The zero-order chi connectivity index (χ0) is 15.5. The summed E-state index contributed by atoms with van der Waals surface area (Å²) in [5.41, 5.74) is 4.04. The molecule has 3 rings (SSSR count). The third kappa shape index (κ3) is 3.66. The largest absolute Gasteiger partial charge is 0.385 e. The Hall–Kier alpha value is -1.70. The van der Waals surface area contributed by atoms with Gasteiger partial charge in [0.15, 0.2) is 0 Å². The normalized spacial score (nSPS) is 10.8. The molecule has 0 radical (unpaired) electrons. The molecule has 0 aliphatic carbocycles. The minimum atomic E-state index is 0.928. The molecule has 2 heteroatoms. The van der Waals surface area contributed by atoms with Gasteiger partial charge in [-0.1, -0.05) is 59.7 Å². The van der Waals surface area contributed by atoms with Crippen LogP contribution in [0.3, 0.4) is 0 Å². The van der Waals surface area contributed by atoms with Crippen molar-refractivity contribution in [1.82, 2.24) is 9.88 Å². The Bertz CT molecular complexity index is 521. The van der Waals surface area contributed by atoms with Crippen molar-refractivity contribution >= 4 is 17.0 Å². The van der Waals surface area contributed by atoms with Crippen molar-refractivity contribution in [3.63, 3.8) is 0 Å². The predicted octanol–water partition coefficient (Wildman–Crippen LogP) is 5.33. The Kier molecular flexibility index (Phi) is 9.27. The van der Waals surface area contributed by atoms with E-state index >= 15 is 0 Å². The fourth-order valence-electron chi connectivity index (χ4n) is 2.17. The number of nitrogens with one attached hydrogen (secondary N) is 1. The molecule has 0 bridgehead atoms. The van der Waals surface area contributed by atoms with Crippen LogP contribution < -0.4 is 5.32 Å².